The van der Waals surface area contributed by atoms with E-state index in [-0.39, 0.29) is 0 Å². The summed E-state index contributed by atoms with van der Waals surface area (Å²) >= 11 is 0. The van der Waals surface area contributed by atoms with Crippen LogP contribution < -0.4 is 4.90 Å². The smallest absolute Gasteiger partial charge is 0.132 e. The fourth-order valence-electron chi connectivity index (χ4n) is 3.06. The van der Waals surface area contributed by atoms with Crippen LogP contribution in [-0.4, -0.2) is 46.0 Å². The minimum atomic E-state index is 0.430. The molecule has 3 rings (SSSR count). The average Bonchev–Trinajstić information content (AvgIpc) is 2.57. The molecule has 1 aliphatic rings. The summed E-state index contributed by atoms with van der Waals surface area (Å²) in [6.07, 6.45) is 1.88. The Labute approximate surface area is 144 Å². The molecule has 128 valence electrons. The lowest BCUT2D eigenvalue weighted by molar-refractivity contribution is 0.246. The van der Waals surface area contributed by atoms with E-state index >= 15 is 0 Å². The maximum absolute atomic E-state index is 4.65. The van der Waals surface area contributed by atoms with Crippen LogP contribution in [0.3, 0.4) is 0 Å². The van der Waals surface area contributed by atoms with Crippen molar-refractivity contribution in [2.75, 3.05) is 31.1 Å². The molecular weight excluding hydrogens is 298 g/mol. The Bertz CT molecular complexity index is 690. The fraction of sp³-hybridized carbons (Fsp3) is 0.526. The van der Waals surface area contributed by atoms with Crippen molar-refractivity contribution in [3.05, 3.63) is 47.2 Å². The van der Waals surface area contributed by atoms with Gasteiger partial charge in [0.05, 0.1) is 5.69 Å². The van der Waals surface area contributed by atoms with E-state index in [9.17, 15) is 0 Å². The molecule has 0 saturated carbocycles. The second kappa shape index (κ2) is 7.26. The van der Waals surface area contributed by atoms with Crippen LogP contribution in [0.15, 0.2) is 24.4 Å². The second-order valence-electron chi connectivity index (χ2n) is 6.88. The van der Waals surface area contributed by atoms with Gasteiger partial charge in [-0.25, -0.2) is 9.97 Å². The normalized spacial score (nSPS) is 16.0. The van der Waals surface area contributed by atoms with Gasteiger partial charge in [0.1, 0.15) is 11.6 Å². The first-order chi connectivity index (χ1) is 11.5. The highest BCUT2D eigenvalue weighted by atomic mass is 15.3. The quantitative estimate of drug-likeness (QED) is 0.865. The average molecular weight is 325 g/mol. The summed E-state index contributed by atoms with van der Waals surface area (Å²) in [6, 6.07) is 6.28. The highest BCUT2D eigenvalue weighted by Crippen LogP contribution is 2.20. The lowest BCUT2D eigenvalue weighted by Crippen LogP contribution is -2.46. The van der Waals surface area contributed by atoms with Crippen LogP contribution in [0.2, 0.25) is 0 Å². The van der Waals surface area contributed by atoms with Crippen molar-refractivity contribution in [2.24, 2.45) is 0 Å². The third kappa shape index (κ3) is 3.90. The predicted molar refractivity (Wildman–Crippen MR) is 97.3 cm³/mol. The number of nitrogens with zero attached hydrogens (tertiary/aromatic N) is 5. The molecule has 0 radical (unpaired) electrons. The maximum Gasteiger partial charge on any atom is 0.132 e. The number of aromatic nitrogens is 3. The number of pyridine rings is 1. The van der Waals surface area contributed by atoms with Gasteiger partial charge in [-0.15, -0.1) is 0 Å². The van der Waals surface area contributed by atoms with Gasteiger partial charge in [0.2, 0.25) is 0 Å². The number of piperazine rings is 1. The van der Waals surface area contributed by atoms with Crippen LogP contribution in [0.4, 0.5) is 5.82 Å². The van der Waals surface area contributed by atoms with Gasteiger partial charge >= 0.3 is 0 Å². The van der Waals surface area contributed by atoms with E-state index in [0.717, 1.165) is 50.1 Å². The molecular formula is C19H27N5. The van der Waals surface area contributed by atoms with E-state index in [4.69, 9.17) is 0 Å². The van der Waals surface area contributed by atoms with E-state index in [1.54, 1.807) is 0 Å². The fourth-order valence-corrected chi connectivity index (χ4v) is 3.06. The molecule has 0 atom stereocenters. The van der Waals surface area contributed by atoms with Gasteiger partial charge in [-0.05, 0) is 31.4 Å². The van der Waals surface area contributed by atoms with Crippen molar-refractivity contribution in [1.82, 2.24) is 19.9 Å². The van der Waals surface area contributed by atoms with Crippen molar-refractivity contribution >= 4 is 5.82 Å². The van der Waals surface area contributed by atoms with E-state index in [1.165, 1.54) is 11.3 Å². The Hall–Kier alpha value is -2.01. The standard InChI is InChI=1S/C19H27N5/c1-14(2)17-12-19(22-16(4)21-17)24-10-8-23(9-11-24)13-18-15(3)6-5-7-20-18/h5-7,12,14H,8-11,13H2,1-4H3. The Kier molecular flexibility index (Phi) is 5.09. The van der Waals surface area contributed by atoms with E-state index < -0.39 is 0 Å². The largest absolute Gasteiger partial charge is 0.354 e. The molecule has 0 N–H and O–H groups in total. The van der Waals surface area contributed by atoms with Crippen LogP contribution >= 0.6 is 0 Å². The molecule has 3 heterocycles. The Morgan fingerprint density at radius 1 is 1.08 bits per heavy atom. The van der Waals surface area contributed by atoms with Crippen molar-refractivity contribution in [2.45, 2.75) is 40.2 Å². The highest BCUT2D eigenvalue weighted by molar-refractivity contribution is 5.41. The zero-order valence-electron chi connectivity index (χ0n) is 15.2. The van der Waals surface area contributed by atoms with Crippen LogP contribution in [0.5, 0.6) is 0 Å². The van der Waals surface area contributed by atoms with Crippen LogP contribution in [-0.2, 0) is 6.54 Å². The molecule has 1 aliphatic heterocycles. The van der Waals surface area contributed by atoms with Crippen molar-refractivity contribution in [3.8, 4) is 0 Å². The molecule has 5 nitrogen and oxygen atoms in total. The molecule has 0 aromatic carbocycles. The first-order valence-corrected chi connectivity index (χ1v) is 8.76. The summed E-state index contributed by atoms with van der Waals surface area (Å²) in [4.78, 5) is 18.6. The monoisotopic (exact) mass is 325 g/mol. The number of hydrogen-bond acceptors (Lipinski definition) is 5. The van der Waals surface area contributed by atoms with Gasteiger partial charge in [0, 0.05) is 50.7 Å². The molecule has 1 fully saturated rings. The van der Waals surface area contributed by atoms with Crippen molar-refractivity contribution in [1.29, 1.82) is 0 Å². The Balaban J connectivity index is 1.64. The number of anilines is 1. The number of hydrogen-bond donors (Lipinski definition) is 0. The highest BCUT2D eigenvalue weighted by Gasteiger charge is 2.20. The molecule has 2 aromatic rings. The Morgan fingerprint density at radius 3 is 2.50 bits per heavy atom. The molecule has 0 amide bonds. The molecule has 0 aliphatic carbocycles. The molecule has 0 unspecified atom stereocenters. The number of aryl methyl sites for hydroxylation is 2. The third-order valence-electron chi connectivity index (χ3n) is 4.62. The topological polar surface area (TPSA) is 45.2 Å². The summed E-state index contributed by atoms with van der Waals surface area (Å²) in [6.45, 7) is 13.5. The molecule has 2 aromatic heterocycles. The van der Waals surface area contributed by atoms with Gasteiger partial charge in [0.25, 0.3) is 0 Å². The molecule has 0 bridgehead atoms. The molecule has 24 heavy (non-hydrogen) atoms. The predicted octanol–water partition coefficient (Wildman–Crippen LogP) is 2.93. The van der Waals surface area contributed by atoms with E-state index in [1.807, 2.05) is 19.2 Å². The zero-order valence-corrected chi connectivity index (χ0v) is 15.2. The third-order valence-corrected chi connectivity index (χ3v) is 4.62. The summed E-state index contributed by atoms with van der Waals surface area (Å²) < 4.78 is 0. The van der Waals surface area contributed by atoms with Gasteiger partial charge in [-0.2, -0.15) is 0 Å². The number of rotatable bonds is 4. The SMILES string of the molecule is Cc1nc(C(C)C)cc(N2CCN(Cc3ncccc3C)CC2)n1. The summed E-state index contributed by atoms with van der Waals surface area (Å²) in [5.74, 6) is 2.36. The zero-order chi connectivity index (χ0) is 17.1. The van der Waals surface area contributed by atoms with E-state index in [2.05, 4.69) is 57.7 Å². The first-order valence-electron chi connectivity index (χ1n) is 8.76. The maximum atomic E-state index is 4.65. The van der Waals surface area contributed by atoms with E-state index in [0.29, 0.717) is 5.92 Å². The summed E-state index contributed by atoms with van der Waals surface area (Å²) in [5, 5.41) is 0. The first kappa shape index (κ1) is 16.8. The van der Waals surface area contributed by atoms with Crippen LogP contribution in [0.1, 0.15) is 42.5 Å². The molecule has 5 heteroatoms. The van der Waals surface area contributed by atoms with Crippen molar-refractivity contribution in [3.63, 3.8) is 0 Å². The van der Waals surface area contributed by atoms with Crippen LogP contribution in [0.25, 0.3) is 0 Å². The minimum absolute atomic E-state index is 0.430. The van der Waals surface area contributed by atoms with Gasteiger partial charge in [-0.3, -0.25) is 9.88 Å². The second-order valence-corrected chi connectivity index (χ2v) is 6.88. The van der Waals surface area contributed by atoms with Crippen LogP contribution in [0, 0.1) is 13.8 Å². The Morgan fingerprint density at radius 2 is 1.83 bits per heavy atom. The van der Waals surface area contributed by atoms with Gasteiger partial charge in [-0.1, -0.05) is 19.9 Å². The summed E-state index contributed by atoms with van der Waals surface area (Å²) in [7, 11) is 0. The molecule has 1 saturated heterocycles. The van der Waals surface area contributed by atoms with Gasteiger partial charge in [0.15, 0.2) is 0 Å². The lowest BCUT2D eigenvalue weighted by atomic mass is 10.1. The van der Waals surface area contributed by atoms with Crippen molar-refractivity contribution < 1.29 is 0 Å². The summed E-state index contributed by atoms with van der Waals surface area (Å²) in [5.41, 5.74) is 3.59. The molecule has 0 spiro atoms. The lowest BCUT2D eigenvalue weighted by Gasteiger charge is -2.35. The minimum Gasteiger partial charge on any atom is -0.354 e. The van der Waals surface area contributed by atoms with Gasteiger partial charge < -0.3 is 4.90 Å².